The number of carbonyl (C=O) groups is 3. The molecule has 2 heterocycles. The van der Waals surface area contributed by atoms with Crippen LogP contribution in [0.2, 0.25) is 0 Å². The first-order valence-electron chi connectivity index (χ1n) is 9.85. The van der Waals surface area contributed by atoms with E-state index < -0.39 is 6.04 Å². The second kappa shape index (κ2) is 8.94. The highest BCUT2D eigenvalue weighted by Crippen LogP contribution is 2.14. The maximum Gasteiger partial charge on any atom is 0.257 e. The van der Waals surface area contributed by atoms with E-state index in [4.69, 9.17) is 4.42 Å². The lowest BCUT2D eigenvalue weighted by Crippen LogP contribution is -2.57. The molecule has 1 aromatic heterocycles. The summed E-state index contributed by atoms with van der Waals surface area (Å²) in [5.41, 5.74) is 1.95. The second-order valence-corrected chi connectivity index (χ2v) is 7.64. The number of amides is 3. The molecule has 0 spiro atoms. The van der Waals surface area contributed by atoms with Gasteiger partial charge in [-0.05, 0) is 30.5 Å². The third-order valence-corrected chi connectivity index (χ3v) is 5.26. The molecule has 0 radical (unpaired) electrons. The SMILES string of the molecule is Cc1ccccc1C(=O)NC(C(=O)N1CCN(C(=O)c2ccoc2)CC1)C(C)C. The number of piperazine rings is 1. The summed E-state index contributed by atoms with van der Waals surface area (Å²) in [5, 5.41) is 2.90. The van der Waals surface area contributed by atoms with Crippen molar-refractivity contribution in [1.82, 2.24) is 15.1 Å². The molecule has 1 aliphatic heterocycles. The van der Waals surface area contributed by atoms with Crippen molar-refractivity contribution in [2.45, 2.75) is 26.8 Å². The zero-order chi connectivity index (χ0) is 21.0. The van der Waals surface area contributed by atoms with Crippen LogP contribution >= 0.6 is 0 Å². The van der Waals surface area contributed by atoms with E-state index in [1.807, 2.05) is 39.0 Å². The Morgan fingerprint density at radius 3 is 2.24 bits per heavy atom. The fourth-order valence-corrected chi connectivity index (χ4v) is 3.46. The van der Waals surface area contributed by atoms with E-state index in [0.717, 1.165) is 5.56 Å². The maximum atomic E-state index is 13.1. The van der Waals surface area contributed by atoms with Gasteiger partial charge in [0.25, 0.3) is 11.8 Å². The van der Waals surface area contributed by atoms with Gasteiger partial charge >= 0.3 is 0 Å². The molecular formula is C22H27N3O4. The van der Waals surface area contributed by atoms with E-state index in [1.54, 1.807) is 21.9 Å². The molecule has 7 heteroatoms. The van der Waals surface area contributed by atoms with Gasteiger partial charge in [0.2, 0.25) is 5.91 Å². The molecule has 3 amide bonds. The van der Waals surface area contributed by atoms with Crippen molar-refractivity contribution in [3.05, 3.63) is 59.5 Å². The summed E-state index contributed by atoms with van der Waals surface area (Å²) < 4.78 is 4.97. The number of rotatable bonds is 5. The molecule has 29 heavy (non-hydrogen) atoms. The standard InChI is InChI=1S/C22H27N3O4/c1-15(2)19(23-20(26)18-7-5-4-6-16(18)3)22(28)25-11-9-24(10-12-25)21(27)17-8-13-29-14-17/h4-8,13-15,19H,9-12H2,1-3H3,(H,23,26). The minimum atomic E-state index is -0.613. The Morgan fingerprint density at radius 1 is 1.00 bits per heavy atom. The molecule has 1 N–H and O–H groups in total. The van der Waals surface area contributed by atoms with E-state index in [1.165, 1.54) is 12.5 Å². The van der Waals surface area contributed by atoms with E-state index in [9.17, 15) is 14.4 Å². The van der Waals surface area contributed by atoms with E-state index >= 15 is 0 Å². The van der Waals surface area contributed by atoms with Gasteiger partial charge in [-0.25, -0.2) is 0 Å². The summed E-state index contributed by atoms with van der Waals surface area (Å²) in [6.45, 7) is 7.48. The van der Waals surface area contributed by atoms with Crippen molar-refractivity contribution < 1.29 is 18.8 Å². The molecule has 154 valence electrons. The predicted molar refractivity (Wildman–Crippen MR) is 108 cm³/mol. The van der Waals surface area contributed by atoms with Gasteiger partial charge in [0.1, 0.15) is 12.3 Å². The Kier molecular flexibility index (Phi) is 6.36. The lowest BCUT2D eigenvalue weighted by molar-refractivity contribution is -0.135. The van der Waals surface area contributed by atoms with Crippen molar-refractivity contribution >= 4 is 17.7 Å². The lowest BCUT2D eigenvalue weighted by atomic mass is 10.0. The molecule has 2 aromatic rings. The first-order valence-corrected chi connectivity index (χ1v) is 9.85. The summed E-state index contributed by atoms with van der Waals surface area (Å²) in [4.78, 5) is 41.6. The van der Waals surface area contributed by atoms with Gasteiger partial charge < -0.3 is 19.5 Å². The maximum absolute atomic E-state index is 13.1. The predicted octanol–water partition coefficient (Wildman–Crippen LogP) is 2.33. The number of nitrogens with one attached hydrogen (secondary N) is 1. The average Bonchev–Trinajstić information content (AvgIpc) is 3.26. The number of aryl methyl sites for hydroxylation is 1. The molecule has 1 unspecified atom stereocenters. The van der Waals surface area contributed by atoms with Crippen LogP contribution in [0.15, 0.2) is 47.3 Å². The number of hydrogen-bond donors (Lipinski definition) is 1. The Bertz CT molecular complexity index is 868. The number of nitrogens with zero attached hydrogens (tertiary/aromatic N) is 2. The Hall–Kier alpha value is -3.09. The quantitative estimate of drug-likeness (QED) is 0.839. The van der Waals surface area contributed by atoms with Crippen molar-refractivity contribution in [2.24, 2.45) is 5.92 Å². The first kappa shape index (κ1) is 20.6. The minimum absolute atomic E-state index is 0.0546. The van der Waals surface area contributed by atoms with Crippen LogP contribution in [0.1, 0.15) is 40.1 Å². The zero-order valence-corrected chi connectivity index (χ0v) is 17.1. The molecule has 1 fully saturated rings. The highest BCUT2D eigenvalue weighted by Gasteiger charge is 2.32. The topological polar surface area (TPSA) is 82.9 Å². The van der Waals surface area contributed by atoms with Crippen LogP contribution in [0.5, 0.6) is 0 Å². The molecule has 1 aromatic carbocycles. The van der Waals surface area contributed by atoms with E-state index in [-0.39, 0.29) is 23.6 Å². The third-order valence-electron chi connectivity index (χ3n) is 5.26. The fourth-order valence-electron chi connectivity index (χ4n) is 3.46. The Labute approximate surface area is 170 Å². The summed E-state index contributed by atoms with van der Waals surface area (Å²) in [7, 11) is 0. The Balaban J connectivity index is 1.62. The highest BCUT2D eigenvalue weighted by molar-refractivity contribution is 5.99. The van der Waals surface area contributed by atoms with Crippen LogP contribution in [0.4, 0.5) is 0 Å². The van der Waals surface area contributed by atoms with Crippen molar-refractivity contribution in [3.63, 3.8) is 0 Å². The third kappa shape index (κ3) is 4.67. The van der Waals surface area contributed by atoms with Gasteiger partial charge in [-0.3, -0.25) is 14.4 Å². The van der Waals surface area contributed by atoms with Gasteiger partial charge in [-0.15, -0.1) is 0 Å². The number of furan rings is 1. The molecule has 1 atom stereocenters. The van der Waals surface area contributed by atoms with Gasteiger partial charge in [-0.1, -0.05) is 32.0 Å². The smallest absolute Gasteiger partial charge is 0.257 e. The number of benzene rings is 1. The molecule has 3 rings (SSSR count). The first-order chi connectivity index (χ1) is 13.9. The van der Waals surface area contributed by atoms with Crippen LogP contribution in [0, 0.1) is 12.8 Å². The summed E-state index contributed by atoms with van der Waals surface area (Å²) >= 11 is 0. The van der Waals surface area contributed by atoms with Crippen LogP contribution < -0.4 is 5.32 Å². The molecular weight excluding hydrogens is 370 g/mol. The van der Waals surface area contributed by atoms with Crippen LogP contribution in [-0.4, -0.2) is 59.7 Å². The minimum Gasteiger partial charge on any atom is -0.472 e. The molecule has 0 bridgehead atoms. The summed E-state index contributed by atoms with van der Waals surface area (Å²) in [6, 6.07) is 8.34. The molecule has 7 nitrogen and oxygen atoms in total. The second-order valence-electron chi connectivity index (χ2n) is 7.64. The molecule has 0 saturated carbocycles. The van der Waals surface area contributed by atoms with Crippen LogP contribution in [0.25, 0.3) is 0 Å². The van der Waals surface area contributed by atoms with Gasteiger partial charge in [-0.2, -0.15) is 0 Å². The normalized spacial score (nSPS) is 15.3. The highest BCUT2D eigenvalue weighted by atomic mass is 16.3. The van der Waals surface area contributed by atoms with E-state index in [0.29, 0.717) is 37.3 Å². The average molecular weight is 397 g/mol. The molecule has 1 saturated heterocycles. The van der Waals surface area contributed by atoms with Crippen molar-refractivity contribution in [1.29, 1.82) is 0 Å². The molecule has 0 aliphatic carbocycles. The van der Waals surface area contributed by atoms with Crippen LogP contribution in [-0.2, 0) is 4.79 Å². The van der Waals surface area contributed by atoms with Crippen molar-refractivity contribution in [3.8, 4) is 0 Å². The van der Waals surface area contributed by atoms with Crippen molar-refractivity contribution in [2.75, 3.05) is 26.2 Å². The number of carbonyl (C=O) groups excluding carboxylic acids is 3. The van der Waals surface area contributed by atoms with Gasteiger partial charge in [0, 0.05) is 31.7 Å². The fraction of sp³-hybridized carbons (Fsp3) is 0.409. The van der Waals surface area contributed by atoms with Gasteiger partial charge in [0.15, 0.2) is 0 Å². The Morgan fingerprint density at radius 2 is 1.66 bits per heavy atom. The zero-order valence-electron chi connectivity index (χ0n) is 17.1. The molecule has 1 aliphatic rings. The monoisotopic (exact) mass is 397 g/mol. The largest absolute Gasteiger partial charge is 0.472 e. The lowest BCUT2D eigenvalue weighted by Gasteiger charge is -2.37. The summed E-state index contributed by atoms with van der Waals surface area (Å²) in [6.07, 6.45) is 2.90. The van der Waals surface area contributed by atoms with E-state index in [2.05, 4.69) is 5.32 Å². The van der Waals surface area contributed by atoms with Crippen LogP contribution in [0.3, 0.4) is 0 Å². The summed E-state index contributed by atoms with van der Waals surface area (Å²) in [5.74, 6) is -0.513. The van der Waals surface area contributed by atoms with Gasteiger partial charge in [0.05, 0.1) is 11.8 Å². The number of hydrogen-bond acceptors (Lipinski definition) is 4.